The Morgan fingerprint density at radius 3 is 2.37 bits per heavy atom. The monoisotopic (exact) mass is 391 g/mol. The second-order valence-corrected chi connectivity index (χ2v) is 9.40. The van der Waals surface area contributed by atoms with Crippen LogP contribution in [0.25, 0.3) is 0 Å². The van der Waals surface area contributed by atoms with Crippen molar-refractivity contribution in [1.82, 2.24) is 10.6 Å². The number of nitrogens with one attached hydrogen (secondary N) is 2. The maximum atomic E-state index is 12.6. The zero-order chi connectivity index (χ0) is 19.9. The van der Waals surface area contributed by atoms with Gasteiger partial charge in [-0.2, -0.15) is 0 Å². The molecule has 0 bridgehead atoms. The molecule has 0 amide bonds. The highest BCUT2D eigenvalue weighted by Gasteiger charge is 2.17. The number of benzene rings is 1. The number of rotatable bonds is 7. The van der Waals surface area contributed by atoms with Gasteiger partial charge in [-0.25, -0.2) is 13.4 Å². The highest BCUT2D eigenvalue weighted by molar-refractivity contribution is 7.91. The van der Waals surface area contributed by atoms with E-state index in [9.17, 15) is 8.42 Å². The first kappa shape index (κ1) is 21.0. The molecule has 0 saturated carbocycles. The molecule has 0 saturated heterocycles. The van der Waals surface area contributed by atoms with Crippen LogP contribution >= 0.6 is 0 Å². The van der Waals surface area contributed by atoms with E-state index in [1.54, 1.807) is 18.4 Å². The van der Waals surface area contributed by atoms with Gasteiger partial charge in [0.05, 0.1) is 16.9 Å². The van der Waals surface area contributed by atoms with Gasteiger partial charge in [-0.15, -0.1) is 0 Å². The number of nitrogens with zero attached hydrogens (tertiary/aromatic N) is 1. The molecule has 1 heterocycles. The molecule has 1 aromatic carbocycles. The summed E-state index contributed by atoms with van der Waals surface area (Å²) >= 11 is 0. The highest BCUT2D eigenvalue weighted by Crippen LogP contribution is 2.23. The minimum Gasteiger partial charge on any atom is -0.467 e. The lowest BCUT2D eigenvalue weighted by atomic mass is 9.87. The van der Waals surface area contributed by atoms with Gasteiger partial charge in [0.15, 0.2) is 15.8 Å². The Balaban J connectivity index is 1.95. The summed E-state index contributed by atoms with van der Waals surface area (Å²) in [5.41, 5.74) is 1.11. The lowest BCUT2D eigenvalue weighted by molar-refractivity contribution is 0.512. The van der Waals surface area contributed by atoms with Crippen LogP contribution in [0.15, 0.2) is 57.0 Å². The van der Waals surface area contributed by atoms with Crippen molar-refractivity contribution in [3.63, 3.8) is 0 Å². The number of sulfone groups is 1. The third-order valence-electron chi connectivity index (χ3n) is 4.06. The zero-order valence-electron chi connectivity index (χ0n) is 16.5. The van der Waals surface area contributed by atoms with Crippen LogP contribution in [0, 0.1) is 0 Å². The molecule has 0 atom stereocenters. The maximum absolute atomic E-state index is 12.6. The fraction of sp³-hybridized carbons (Fsp3) is 0.450. The predicted molar refractivity (Wildman–Crippen MR) is 109 cm³/mol. The Hall–Kier alpha value is -2.28. The smallest absolute Gasteiger partial charge is 0.191 e. The van der Waals surface area contributed by atoms with E-state index in [-0.39, 0.29) is 17.7 Å². The molecule has 27 heavy (non-hydrogen) atoms. The fourth-order valence-electron chi connectivity index (χ4n) is 2.49. The molecule has 2 N–H and O–H groups in total. The van der Waals surface area contributed by atoms with Crippen molar-refractivity contribution in [3.8, 4) is 0 Å². The van der Waals surface area contributed by atoms with Crippen LogP contribution in [0.2, 0.25) is 0 Å². The van der Waals surface area contributed by atoms with Gasteiger partial charge in [-0.1, -0.05) is 32.9 Å². The first-order valence-corrected chi connectivity index (χ1v) is 10.8. The van der Waals surface area contributed by atoms with Crippen LogP contribution in [0.4, 0.5) is 0 Å². The van der Waals surface area contributed by atoms with Crippen molar-refractivity contribution in [2.75, 3.05) is 18.8 Å². The molecule has 2 rings (SSSR count). The molecule has 0 aliphatic heterocycles. The summed E-state index contributed by atoms with van der Waals surface area (Å²) in [5, 5.41) is 6.16. The van der Waals surface area contributed by atoms with Crippen LogP contribution in [-0.2, 0) is 21.8 Å². The minimum absolute atomic E-state index is 0.00493. The SMILES string of the molecule is CCNC(=NCc1ccco1)NCCS(=O)(=O)c1ccc(C(C)(C)C)cc1. The number of furan rings is 1. The van der Waals surface area contributed by atoms with E-state index in [2.05, 4.69) is 36.4 Å². The van der Waals surface area contributed by atoms with Gasteiger partial charge in [0, 0.05) is 13.1 Å². The van der Waals surface area contributed by atoms with E-state index in [4.69, 9.17) is 4.42 Å². The average molecular weight is 392 g/mol. The molecule has 0 aliphatic carbocycles. The average Bonchev–Trinajstić information content (AvgIpc) is 3.12. The van der Waals surface area contributed by atoms with Crippen LogP contribution in [0.3, 0.4) is 0 Å². The van der Waals surface area contributed by atoms with Crippen molar-refractivity contribution >= 4 is 15.8 Å². The molecule has 1 aromatic heterocycles. The van der Waals surface area contributed by atoms with Crippen molar-refractivity contribution in [3.05, 3.63) is 54.0 Å². The van der Waals surface area contributed by atoms with Crippen LogP contribution in [0.5, 0.6) is 0 Å². The van der Waals surface area contributed by atoms with Gasteiger partial charge >= 0.3 is 0 Å². The van der Waals surface area contributed by atoms with Crippen molar-refractivity contribution < 1.29 is 12.8 Å². The Morgan fingerprint density at radius 1 is 1.11 bits per heavy atom. The molecule has 0 fully saturated rings. The largest absolute Gasteiger partial charge is 0.467 e. The third kappa shape index (κ3) is 6.43. The maximum Gasteiger partial charge on any atom is 0.191 e. The molecular formula is C20H29N3O3S. The molecule has 148 valence electrons. The van der Waals surface area contributed by atoms with Gasteiger partial charge in [0.1, 0.15) is 12.3 Å². The predicted octanol–water partition coefficient (Wildman–Crippen LogP) is 3.11. The second kappa shape index (κ2) is 9.08. The number of hydrogen-bond acceptors (Lipinski definition) is 4. The summed E-state index contributed by atoms with van der Waals surface area (Å²) in [5.74, 6) is 1.30. The van der Waals surface area contributed by atoms with Crippen molar-refractivity contribution in [1.29, 1.82) is 0 Å². The topological polar surface area (TPSA) is 83.7 Å². The van der Waals surface area contributed by atoms with Gasteiger partial charge in [-0.05, 0) is 42.2 Å². The van der Waals surface area contributed by atoms with Crippen LogP contribution < -0.4 is 10.6 Å². The van der Waals surface area contributed by atoms with Crippen molar-refractivity contribution in [2.24, 2.45) is 4.99 Å². The Kier molecular flexibility index (Phi) is 7.07. The highest BCUT2D eigenvalue weighted by atomic mass is 32.2. The van der Waals surface area contributed by atoms with E-state index in [0.29, 0.717) is 23.9 Å². The van der Waals surface area contributed by atoms with Crippen LogP contribution in [-0.4, -0.2) is 33.2 Å². The normalized spacial score (nSPS) is 12.8. The Morgan fingerprint density at radius 2 is 1.81 bits per heavy atom. The molecular weight excluding hydrogens is 362 g/mol. The Bertz CT molecular complexity index is 834. The Labute approximate surface area is 162 Å². The number of guanidine groups is 1. The van der Waals surface area contributed by atoms with E-state index >= 15 is 0 Å². The summed E-state index contributed by atoms with van der Waals surface area (Å²) in [4.78, 5) is 4.74. The van der Waals surface area contributed by atoms with Gasteiger partial charge in [0.25, 0.3) is 0 Å². The van der Waals surface area contributed by atoms with Gasteiger partial charge in [0.2, 0.25) is 0 Å². The molecule has 0 spiro atoms. The minimum atomic E-state index is -3.36. The lowest BCUT2D eigenvalue weighted by Crippen LogP contribution is -2.39. The second-order valence-electron chi connectivity index (χ2n) is 7.29. The molecule has 2 aromatic rings. The van der Waals surface area contributed by atoms with Gasteiger partial charge in [-0.3, -0.25) is 0 Å². The van der Waals surface area contributed by atoms with E-state index in [1.807, 2.05) is 31.2 Å². The summed E-state index contributed by atoms with van der Waals surface area (Å²) in [7, 11) is -3.36. The quantitative estimate of drug-likeness (QED) is 0.560. The molecule has 0 unspecified atom stereocenters. The first-order valence-electron chi connectivity index (χ1n) is 9.10. The summed E-state index contributed by atoms with van der Waals surface area (Å²) in [6.07, 6.45) is 1.60. The fourth-order valence-corrected chi connectivity index (χ4v) is 3.64. The number of hydrogen-bond donors (Lipinski definition) is 2. The molecule has 0 radical (unpaired) electrons. The van der Waals surface area contributed by atoms with Crippen LogP contribution in [0.1, 0.15) is 39.0 Å². The van der Waals surface area contributed by atoms with E-state index in [1.165, 1.54) is 0 Å². The zero-order valence-corrected chi connectivity index (χ0v) is 17.3. The van der Waals surface area contributed by atoms with Crippen molar-refractivity contribution in [2.45, 2.75) is 44.6 Å². The standard InChI is InChI=1S/C20H29N3O3S/c1-5-21-19(23-15-17-7-6-13-26-17)22-12-14-27(24,25)18-10-8-16(9-11-18)20(2,3)4/h6-11,13H,5,12,14-15H2,1-4H3,(H2,21,22,23). The third-order valence-corrected chi connectivity index (χ3v) is 5.79. The van der Waals surface area contributed by atoms with E-state index in [0.717, 1.165) is 11.3 Å². The molecule has 6 nitrogen and oxygen atoms in total. The lowest BCUT2D eigenvalue weighted by Gasteiger charge is -2.19. The molecule has 7 heteroatoms. The van der Waals surface area contributed by atoms with E-state index < -0.39 is 9.84 Å². The summed E-state index contributed by atoms with van der Waals surface area (Å²) in [6.45, 7) is 9.61. The summed E-state index contributed by atoms with van der Waals surface area (Å²) < 4.78 is 30.4. The molecule has 0 aliphatic rings. The van der Waals surface area contributed by atoms with Gasteiger partial charge < -0.3 is 15.1 Å². The first-order chi connectivity index (χ1) is 12.7. The summed E-state index contributed by atoms with van der Waals surface area (Å²) in [6, 6.07) is 10.8. The number of aliphatic imine (C=N–C) groups is 1.